The lowest BCUT2D eigenvalue weighted by Gasteiger charge is -2.21. The molecule has 314 valence electrons. The Hall–Kier alpha value is -8.60. The molecule has 1 aliphatic rings. The molecule has 4 heterocycles. The van der Waals surface area contributed by atoms with Gasteiger partial charge in [0.25, 0.3) is 0 Å². The minimum Gasteiger partial charge on any atom is -0.456 e. The van der Waals surface area contributed by atoms with E-state index < -0.39 is 0 Å². The summed E-state index contributed by atoms with van der Waals surface area (Å²) < 4.78 is 17.8. The first-order chi connectivity index (χ1) is 33.0. The summed E-state index contributed by atoms with van der Waals surface area (Å²) in [6, 6.07) is 75.3. The lowest BCUT2D eigenvalue weighted by molar-refractivity contribution is 0.661. The van der Waals surface area contributed by atoms with Gasteiger partial charge in [0.1, 0.15) is 22.3 Å². The highest BCUT2D eigenvalue weighted by atomic mass is 16.3. The third kappa shape index (κ3) is 5.07. The van der Waals surface area contributed by atoms with Gasteiger partial charge in [0.15, 0.2) is 0 Å². The summed E-state index contributed by atoms with van der Waals surface area (Å²) in [5.74, 6) is 0. The van der Waals surface area contributed by atoms with E-state index in [4.69, 9.17) is 8.83 Å². The van der Waals surface area contributed by atoms with Gasteiger partial charge in [0.2, 0.25) is 0 Å². The number of benzene rings is 10. The molecule has 0 aliphatic heterocycles. The lowest BCUT2D eigenvalue weighted by Crippen LogP contribution is -2.14. The molecule has 0 bridgehead atoms. The Kier molecular flexibility index (Phi) is 7.26. The molecule has 0 fully saturated rings. The van der Waals surface area contributed by atoms with Crippen LogP contribution in [0.25, 0.3) is 132 Å². The van der Waals surface area contributed by atoms with Crippen LogP contribution in [0.1, 0.15) is 25.0 Å². The van der Waals surface area contributed by atoms with Crippen molar-refractivity contribution in [1.82, 2.24) is 9.13 Å². The Balaban J connectivity index is 0.931. The molecule has 4 nitrogen and oxygen atoms in total. The fourth-order valence-electron chi connectivity index (χ4n) is 11.7. The minimum absolute atomic E-state index is 0.0989. The number of aromatic nitrogens is 2. The zero-order valence-electron chi connectivity index (χ0n) is 36.8. The molecule has 0 spiro atoms. The standard InChI is InChI=1S/C63H40N2O2/c1-63(2)53-20-9-6-15-43(53)47-33-50-48-31-38(25-29-55(48)64(57(50)35-54(47)63)40-13-4-3-5-14-40)39-26-30-56-49(32-39)51-34-52-45-17-8-10-21-59(45)66-61(52)36-58(51)65(56)41-27-23-37(24-28-41)42-18-12-19-46-44-16-7-11-22-60(44)67-62(42)46/h3-36H,1-2H3. The molecule has 4 heteroatoms. The molecule has 0 unspecified atom stereocenters. The number of nitrogens with zero attached hydrogens (tertiary/aromatic N) is 2. The van der Waals surface area contributed by atoms with E-state index in [1.807, 2.05) is 18.2 Å². The molecule has 0 radical (unpaired) electrons. The lowest BCUT2D eigenvalue weighted by atomic mass is 9.82. The van der Waals surface area contributed by atoms with Gasteiger partial charge >= 0.3 is 0 Å². The molecular weight excluding hydrogens is 817 g/mol. The quantitative estimate of drug-likeness (QED) is 0.177. The van der Waals surface area contributed by atoms with Crippen LogP contribution in [-0.2, 0) is 5.41 Å². The monoisotopic (exact) mass is 856 g/mol. The van der Waals surface area contributed by atoms with Crippen LogP contribution in [0.2, 0.25) is 0 Å². The molecule has 0 saturated heterocycles. The van der Waals surface area contributed by atoms with Crippen LogP contribution >= 0.6 is 0 Å². The van der Waals surface area contributed by atoms with E-state index in [-0.39, 0.29) is 5.41 Å². The summed E-state index contributed by atoms with van der Waals surface area (Å²) in [6.45, 7) is 4.73. The minimum atomic E-state index is -0.0989. The Labute approximate surface area is 385 Å². The first-order valence-corrected chi connectivity index (χ1v) is 23.2. The maximum atomic E-state index is 6.53. The molecule has 0 amide bonds. The van der Waals surface area contributed by atoms with Gasteiger partial charge in [-0.25, -0.2) is 0 Å². The fraction of sp³-hybridized carbons (Fsp3) is 0.0476. The molecular formula is C63H40N2O2. The summed E-state index contributed by atoms with van der Waals surface area (Å²) in [6.07, 6.45) is 0. The van der Waals surface area contributed by atoms with Crippen LogP contribution in [0.5, 0.6) is 0 Å². The average molecular weight is 857 g/mol. The van der Waals surface area contributed by atoms with Gasteiger partial charge in [-0.2, -0.15) is 0 Å². The van der Waals surface area contributed by atoms with Crippen molar-refractivity contribution in [2.24, 2.45) is 0 Å². The molecule has 15 rings (SSSR count). The molecule has 1 aliphatic carbocycles. The SMILES string of the molecule is CC1(C)c2ccccc2-c2cc3c4cc(-c5ccc6c(c5)c5cc7c(cc5n6-c5ccc(-c6cccc8c6oc6ccccc68)cc5)oc5ccccc57)ccc4n(-c4ccccc4)c3cc21. The third-order valence-electron chi connectivity index (χ3n) is 14.9. The van der Waals surface area contributed by atoms with Gasteiger partial charge in [-0.05, 0) is 118 Å². The fourth-order valence-corrected chi connectivity index (χ4v) is 11.7. The third-order valence-corrected chi connectivity index (χ3v) is 14.9. The topological polar surface area (TPSA) is 36.1 Å². The molecule has 14 aromatic rings. The summed E-state index contributed by atoms with van der Waals surface area (Å²) in [7, 11) is 0. The second-order valence-corrected chi connectivity index (χ2v) is 18.8. The van der Waals surface area contributed by atoms with E-state index in [0.29, 0.717) is 0 Å². The number of furan rings is 2. The van der Waals surface area contributed by atoms with Gasteiger partial charge in [-0.3, -0.25) is 0 Å². The number of hydrogen-bond acceptors (Lipinski definition) is 2. The van der Waals surface area contributed by atoms with Crippen molar-refractivity contribution in [2.45, 2.75) is 19.3 Å². The van der Waals surface area contributed by atoms with E-state index in [1.54, 1.807) is 0 Å². The van der Waals surface area contributed by atoms with Crippen molar-refractivity contribution in [3.63, 3.8) is 0 Å². The molecule has 67 heavy (non-hydrogen) atoms. The van der Waals surface area contributed by atoms with Crippen LogP contribution in [0.15, 0.2) is 215 Å². The summed E-state index contributed by atoms with van der Waals surface area (Å²) >= 11 is 0. The van der Waals surface area contributed by atoms with Crippen molar-refractivity contribution in [3.8, 4) is 44.8 Å². The van der Waals surface area contributed by atoms with Crippen molar-refractivity contribution in [2.75, 3.05) is 0 Å². The van der Waals surface area contributed by atoms with E-state index in [0.717, 1.165) is 77.4 Å². The zero-order valence-corrected chi connectivity index (χ0v) is 36.8. The predicted molar refractivity (Wildman–Crippen MR) is 278 cm³/mol. The van der Waals surface area contributed by atoms with Crippen LogP contribution < -0.4 is 0 Å². The summed E-state index contributed by atoms with van der Waals surface area (Å²) in [4.78, 5) is 0. The molecule has 4 aromatic heterocycles. The van der Waals surface area contributed by atoms with Gasteiger partial charge in [0, 0.05) is 71.5 Å². The van der Waals surface area contributed by atoms with Gasteiger partial charge in [-0.1, -0.05) is 135 Å². The number of rotatable bonds is 4. The second kappa shape index (κ2) is 13.2. The molecule has 10 aromatic carbocycles. The van der Waals surface area contributed by atoms with Crippen molar-refractivity contribution < 1.29 is 8.83 Å². The maximum Gasteiger partial charge on any atom is 0.143 e. The highest BCUT2D eigenvalue weighted by Crippen LogP contribution is 2.51. The molecule has 0 atom stereocenters. The number of fused-ring (bicyclic) bond motifs is 15. The number of hydrogen-bond donors (Lipinski definition) is 0. The first-order valence-electron chi connectivity index (χ1n) is 23.2. The Bertz CT molecular complexity index is 4400. The van der Waals surface area contributed by atoms with E-state index in [1.165, 1.54) is 66.0 Å². The normalized spacial score (nSPS) is 13.3. The van der Waals surface area contributed by atoms with Crippen molar-refractivity contribution >= 4 is 87.5 Å². The Morgan fingerprint density at radius 1 is 0.313 bits per heavy atom. The Morgan fingerprint density at radius 3 is 1.61 bits per heavy atom. The molecule has 0 saturated carbocycles. The van der Waals surface area contributed by atoms with E-state index >= 15 is 0 Å². The van der Waals surface area contributed by atoms with E-state index in [9.17, 15) is 0 Å². The Morgan fingerprint density at radius 2 is 0.866 bits per heavy atom. The summed E-state index contributed by atoms with van der Waals surface area (Å²) in [5, 5.41) is 9.39. The second-order valence-electron chi connectivity index (χ2n) is 18.8. The molecule has 0 N–H and O–H groups in total. The maximum absolute atomic E-state index is 6.53. The van der Waals surface area contributed by atoms with Gasteiger partial charge in [0.05, 0.1) is 22.1 Å². The van der Waals surface area contributed by atoms with Crippen LogP contribution in [0, 0.1) is 0 Å². The largest absolute Gasteiger partial charge is 0.456 e. The summed E-state index contributed by atoms with van der Waals surface area (Å²) in [5.41, 5.74) is 20.4. The zero-order chi connectivity index (χ0) is 44.1. The van der Waals surface area contributed by atoms with E-state index in [2.05, 4.69) is 211 Å². The highest BCUT2D eigenvalue weighted by Gasteiger charge is 2.36. The van der Waals surface area contributed by atoms with Crippen LogP contribution in [0.3, 0.4) is 0 Å². The average Bonchev–Trinajstić information content (AvgIpc) is 4.16. The van der Waals surface area contributed by atoms with Crippen molar-refractivity contribution in [3.05, 3.63) is 217 Å². The van der Waals surface area contributed by atoms with Gasteiger partial charge < -0.3 is 18.0 Å². The first kappa shape index (κ1) is 36.7. The number of para-hydroxylation sites is 4. The highest BCUT2D eigenvalue weighted by molar-refractivity contribution is 6.19. The van der Waals surface area contributed by atoms with Crippen LogP contribution in [-0.4, -0.2) is 9.13 Å². The smallest absolute Gasteiger partial charge is 0.143 e. The van der Waals surface area contributed by atoms with Gasteiger partial charge in [-0.15, -0.1) is 0 Å². The van der Waals surface area contributed by atoms with Crippen LogP contribution in [0.4, 0.5) is 0 Å². The predicted octanol–water partition coefficient (Wildman–Crippen LogP) is 17.3. The van der Waals surface area contributed by atoms with Crippen molar-refractivity contribution in [1.29, 1.82) is 0 Å².